The Labute approximate surface area is 301 Å². The SMILES string of the molecule is CCOc1cc(C2C3=CCC4C(=O)N(c5ccc(CC)cc5)C(=O)C4C3CC3C(=O)N(c4cccc(Cl)c4)C(=O)C32c2ccccc2)ccc1O. The van der Waals surface area contributed by atoms with Gasteiger partial charge in [-0.05, 0) is 91.3 Å². The minimum absolute atomic E-state index is 0.0494. The second-order valence-corrected chi connectivity index (χ2v) is 14.2. The van der Waals surface area contributed by atoms with Crippen LogP contribution in [0.15, 0.2) is 109 Å². The summed E-state index contributed by atoms with van der Waals surface area (Å²) in [7, 11) is 0. The van der Waals surface area contributed by atoms with Gasteiger partial charge in [-0.2, -0.15) is 0 Å². The summed E-state index contributed by atoms with van der Waals surface area (Å²) in [6, 6.07) is 28.6. The Hall–Kier alpha value is -5.21. The van der Waals surface area contributed by atoms with Crippen LogP contribution in [0, 0.1) is 23.7 Å². The summed E-state index contributed by atoms with van der Waals surface area (Å²) < 4.78 is 5.83. The van der Waals surface area contributed by atoms with Gasteiger partial charge in [0, 0.05) is 10.9 Å². The first kappa shape index (κ1) is 33.0. The number of halogens is 1. The zero-order valence-electron chi connectivity index (χ0n) is 28.3. The average Bonchev–Trinajstić information content (AvgIpc) is 3.53. The molecule has 4 aromatic rings. The van der Waals surface area contributed by atoms with E-state index in [2.05, 4.69) is 0 Å². The number of anilines is 2. The normalized spacial score (nSPS) is 26.9. The number of rotatable bonds is 7. The first-order chi connectivity index (χ1) is 24.7. The van der Waals surface area contributed by atoms with E-state index in [-0.39, 0.29) is 35.6 Å². The predicted octanol–water partition coefficient (Wildman–Crippen LogP) is 7.37. The molecule has 9 heteroatoms. The number of phenolic OH excluding ortho intramolecular Hbond substituents is 1. The summed E-state index contributed by atoms with van der Waals surface area (Å²) >= 11 is 6.41. The molecule has 3 fully saturated rings. The quantitative estimate of drug-likeness (QED) is 0.160. The number of phenols is 1. The molecule has 0 aromatic heterocycles. The van der Waals surface area contributed by atoms with Gasteiger partial charge in [0.2, 0.25) is 23.6 Å². The van der Waals surface area contributed by atoms with Crippen molar-refractivity contribution in [2.45, 2.75) is 44.4 Å². The molecule has 2 saturated heterocycles. The van der Waals surface area contributed by atoms with E-state index in [1.807, 2.05) is 74.5 Å². The van der Waals surface area contributed by atoms with Crippen LogP contribution >= 0.6 is 11.6 Å². The van der Waals surface area contributed by atoms with Gasteiger partial charge in [0.1, 0.15) is 0 Å². The van der Waals surface area contributed by atoms with Crippen LogP contribution in [0.25, 0.3) is 0 Å². The molecule has 4 aliphatic rings. The highest BCUT2D eigenvalue weighted by Crippen LogP contribution is 2.65. The second kappa shape index (κ2) is 12.5. The number of ether oxygens (including phenoxy) is 1. The highest BCUT2D eigenvalue weighted by Gasteiger charge is 2.70. The van der Waals surface area contributed by atoms with Crippen molar-refractivity contribution in [1.82, 2.24) is 0 Å². The van der Waals surface area contributed by atoms with Crippen LogP contribution in [0.4, 0.5) is 11.4 Å². The van der Waals surface area contributed by atoms with Crippen LogP contribution in [-0.4, -0.2) is 35.3 Å². The van der Waals surface area contributed by atoms with Crippen molar-refractivity contribution >= 4 is 46.6 Å². The molecule has 0 radical (unpaired) electrons. The van der Waals surface area contributed by atoms with Gasteiger partial charge in [-0.15, -0.1) is 0 Å². The molecule has 2 heterocycles. The van der Waals surface area contributed by atoms with Crippen LogP contribution in [-0.2, 0) is 31.0 Å². The Morgan fingerprint density at radius 1 is 0.804 bits per heavy atom. The number of benzene rings is 4. The van der Waals surface area contributed by atoms with Crippen molar-refractivity contribution in [3.63, 3.8) is 0 Å². The molecule has 4 amide bonds. The number of hydrogen-bond donors (Lipinski definition) is 1. The predicted molar refractivity (Wildman–Crippen MR) is 194 cm³/mol. The standard InChI is InChI=1S/C42H37ClN2O6/c1-3-24-13-16-28(17-14-24)44-38(47)31-19-18-30-32(36(31)40(44)49)23-33-39(48)45(29-12-8-11-27(43)22-29)41(50)42(33,26-9-6-5-7-10-26)37(30)25-15-20-34(46)35(21-25)51-4-2/h5-18,20-22,31-33,36-37,46H,3-4,19,23H2,1-2H3. The number of imide groups is 2. The van der Waals surface area contributed by atoms with Gasteiger partial charge in [-0.1, -0.05) is 84.8 Å². The number of aryl methyl sites for hydroxylation is 1. The fourth-order valence-corrected chi connectivity index (χ4v) is 9.42. The van der Waals surface area contributed by atoms with Gasteiger partial charge < -0.3 is 9.84 Å². The molecule has 4 aromatic carbocycles. The van der Waals surface area contributed by atoms with Gasteiger partial charge in [0.25, 0.3) is 0 Å². The first-order valence-corrected chi connectivity index (χ1v) is 17.9. The second-order valence-electron chi connectivity index (χ2n) is 13.8. The van der Waals surface area contributed by atoms with Crippen molar-refractivity contribution in [1.29, 1.82) is 0 Å². The Morgan fingerprint density at radius 2 is 1.57 bits per heavy atom. The molecular weight excluding hydrogens is 664 g/mol. The van der Waals surface area contributed by atoms with Crippen LogP contribution in [0.5, 0.6) is 11.5 Å². The molecule has 8 nitrogen and oxygen atoms in total. The molecule has 0 bridgehead atoms. The van der Waals surface area contributed by atoms with Crippen LogP contribution in [0.3, 0.4) is 0 Å². The van der Waals surface area contributed by atoms with E-state index in [9.17, 15) is 19.5 Å². The summed E-state index contributed by atoms with van der Waals surface area (Å²) in [4.78, 5) is 61.5. The molecule has 2 aliphatic heterocycles. The summed E-state index contributed by atoms with van der Waals surface area (Å²) in [5.41, 5.74) is 2.74. The zero-order chi connectivity index (χ0) is 35.6. The lowest BCUT2D eigenvalue weighted by molar-refractivity contribution is -0.127. The van der Waals surface area contributed by atoms with Gasteiger partial charge in [-0.3, -0.25) is 24.1 Å². The fraction of sp³-hybridized carbons (Fsp3) is 0.286. The summed E-state index contributed by atoms with van der Waals surface area (Å²) in [6.07, 6.45) is 3.36. The molecule has 0 spiro atoms. The summed E-state index contributed by atoms with van der Waals surface area (Å²) in [5, 5.41) is 11.1. The zero-order valence-corrected chi connectivity index (χ0v) is 29.0. The van der Waals surface area contributed by atoms with Gasteiger partial charge in [0.05, 0.1) is 41.2 Å². The van der Waals surface area contributed by atoms with Gasteiger partial charge in [-0.25, -0.2) is 4.90 Å². The number of aromatic hydroxyl groups is 1. The lowest BCUT2D eigenvalue weighted by Crippen LogP contribution is -2.53. The van der Waals surface area contributed by atoms with E-state index in [1.165, 1.54) is 9.80 Å². The summed E-state index contributed by atoms with van der Waals surface area (Å²) in [5.74, 6) is -4.56. The lowest BCUT2D eigenvalue weighted by atomic mass is 9.49. The van der Waals surface area contributed by atoms with Crippen molar-refractivity contribution < 1.29 is 29.0 Å². The number of nitrogens with zero attached hydrogens (tertiary/aromatic N) is 2. The van der Waals surface area contributed by atoms with Crippen molar-refractivity contribution in [2.75, 3.05) is 16.4 Å². The molecule has 6 unspecified atom stereocenters. The molecule has 1 N–H and O–H groups in total. The molecule has 6 atom stereocenters. The number of amides is 4. The van der Waals surface area contributed by atoms with Crippen LogP contribution in [0.1, 0.15) is 49.3 Å². The molecule has 51 heavy (non-hydrogen) atoms. The highest BCUT2D eigenvalue weighted by atomic mass is 35.5. The maximum atomic E-state index is 15.4. The Balaban J connectivity index is 1.34. The third kappa shape index (κ3) is 4.87. The van der Waals surface area contributed by atoms with E-state index in [4.69, 9.17) is 16.3 Å². The topological polar surface area (TPSA) is 104 Å². The van der Waals surface area contributed by atoms with Crippen LogP contribution in [0.2, 0.25) is 5.02 Å². The fourth-order valence-electron chi connectivity index (χ4n) is 9.24. The maximum Gasteiger partial charge on any atom is 0.246 e. The molecule has 2 aliphatic carbocycles. The summed E-state index contributed by atoms with van der Waals surface area (Å²) in [6.45, 7) is 4.17. The van der Waals surface area contributed by atoms with Crippen LogP contribution < -0.4 is 14.5 Å². The van der Waals surface area contributed by atoms with Crippen molar-refractivity contribution in [3.05, 3.63) is 130 Å². The van der Waals surface area contributed by atoms with E-state index < -0.39 is 40.9 Å². The van der Waals surface area contributed by atoms with Crippen molar-refractivity contribution in [2.24, 2.45) is 23.7 Å². The Bertz CT molecular complexity index is 2110. The molecule has 258 valence electrons. The Morgan fingerprint density at radius 3 is 2.27 bits per heavy atom. The number of carbonyl (C=O) groups is 4. The van der Waals surface area contributed by atoms with E-state index >= 15 is 4.79 Å². The average molecular weight is 701 g/mol. The van der Waals surface area contributed by atoms with Gasteiger partial charge >= 0.3 is 0 Å². The largest absolute Gasteiger partial charge is 0.504 e. The number of fused-ring (bicyclic) bond motifs is 4. The molecular formula is C42H37ClN2O6. The van der Waals surface area contributed by atoms with Crippen molar-refractivity contribution in [3.8, 4) is 11.5 Å². The molecule has 1 saturated carbocycles. The third-order valence-electron chi connectivity index (χ3n) is 11.4. The van der Waals surface area contributed by atoms with Gasteiger partial charge in [0.15, 0.2) is 11.5 Å². The smallest absolute Gasteiger partial charge is 0.246 e. The first-order valence-electron chi connectivity index (χ1n) is 17.5. The molecule has 8 rings (SSSR count). The number of carbonyl (C=O) groups excluding carboxylic acids is 4. The number of hydrogen-bond acceptors (Lipinski definition) is 6. The Kier molecular flexibility index (Phi) is 8.10. The van der Waals surface area contributed by atoms with E-state index in [0.717, 1.165) is 17.6 Å². The third-order valence-corrected chi connectivity index (χ3v) is 11.6. The minimum Gasteiger partial charge on any atom is -0.504 e. The number of allylic oxidation sites excluding steroid dienone is 2. The monoisotopic (exact) mass is 700 g/mol. The highest BCUT2D eigenvalue weighted by molar-refractivity contribution is 6.32. The van der Waals surface area contributed by atoms with E-state index in [0.29, 0.717) is 40.6 Å². The maximum absolute atomic E-state index is 15.4. The van der Waals surface area contributed by atoms with E-state index in [1.54, 1.807) is 42.5 Å². The minimum atomic E-state index is -1.42. The lowest BCUT2D eigenvalue weighted by Gasteiger charge is -2.50.